The SMILES string of the molecule is Cc1cc(C)c(C)c(-c2n[nH]c(CN)c2C)c1C. The van der Waals surface area contributed by atoms with Gasteiger partial charge in [-0.3, -0.25) is 5.10 Å². The monoisotopic (exact) mass is 243 g/mol. The molecule has 3 nitrogen and oxygen atoms in total. The fourth-order valence-corrected chi connectivity index (χ4v) is 2.45. The Balaban J connectivity index is 2.74. The minimum Gasteiger partial charge on any atom is -0.325 e. The summed E-state index contributed by atoms with van der Waals surface area (Å²) in [4.78, 5) is 0. The first-order valence-corrected chi connectivity index (χ1v) is 6.29. The minimum atomic E-state index is 0.502. The second-order valence-corrected chi connectivity index (χ2v) is 5.02. The van der Waals surface area contributed by atoms with Gasteiger partial charge in [0.1, 0.15) is 0 Å². The number of benzene rings is 1. The van der Waals surface area contributed by atoms with Crippen molar-refractivity contribution in [2.24, 2.45) is 5.73 Å². The van der Waals surface area contributed by atoms with Crippen LogP contribution in [0.4, 0.5) is 0 Å². The van der Waals surface area contributed by atoms with Gasteiger partial charge in [-0.15, -0.1) is 0 Å². The summed E-state index contributed by atoms with van der Waals surface area (Å²) in [7, 11) is 0. The zero-order valence-corrected chi connectivity index (χ0v) is 11.8. The van der Waals surface area contributed by atoms with Crippen molar-refractivity contribution in [1.29, 1.82) is 0 Å². The lowest BCUT2D eigenvalue weighted by Crippen LogP contribution is -1.99. The van der Waals surface area contributed by atoms with E-state index in [1.54, 1.807) is 0 Å². The van der Waals surface area contributed by atoms with Crippen LogP contribution in [-0.2, 0) is 6.54 Å². The second-order valence-electron chi connectivity index (χ2n) is 5.02. The van der Waals surface area contributed by atoms with Crippen LogP contribution in [0.5, 0.6) is 0 Å². The average Bonchev–Trinajstić information content (AvgIpc) is 2.69. The number of aryl methyl sites for hydroxylation is 2. The quantitative estimate of drug-likeness (QED) is 0.851. The molecule has 2 rings (SSSR count). The van der Waals surface area contributed by atoms with Crippen LogP contribution in [0.15, 0.2) is 6.07 Å². The van der Waals surface area contributed by atoms with Gasteiger partial charge in [0, 0.05) is 12.1 Å². The molecule has 0 bridgehead atoms. The van der Waals surface area contributed by atoms with Crippen LogP contribution >= 0.6 is 0 Å². The molecule has 0 unspecified atom stereocenters. The summed E-state index contributed by atoms with van der Waals surface area (Å²) in [6.45, 7) is 11.2. The molecule has 2 aromatic rings. The molecular weight excluding hydrogens is 222 g/mol. The van der Waals surface area contributed by atoms with E-state index in [0.717, 1.165) is 17.0 Å². The molecule has 18 heavy (non-hydrogen) atoms. The topological polar surface area (TPSA) is 54.7 Å². The average molecular weight is 243 g/mol. The van der Waals surface area contributed by atoms with Gasteiger partial charge in [0.05, 0.1) is 11.4 Å². The molecule has 3 heteroatoms. The molecule has 0 aliphatic rings. The molecule has 0 aliphatic heterocycles. The first kappa shape index (κ1) is 12.8. The Morgan fingerprint density at radius 2 is 1.56 bits per heavy atom. The first-order valence-electron chi connectivity index (χ1n) is 6.29. The van der Waals surface area contributed by atoms with Gasteiger partial charge < -0.3 is 5.73 Å². The van der Waals surface area contributed by atoms with Gasteiger partial charge in [-0.25, -0.2) is 0 Å². The van der Waals surface area contributed by atoms with E-state index in [9.17, 15) is 0 Å². The number of nitrogens with two attached hydrogens (primary N) is 1. The number of hydrogen-bond acceptors (Lipinski definition) is 2. The lowest BCUT2D eigenvalue weighted by atomic mass is 9.91. The Morgan fingerprint density at radius 3 is 2.00 bits per heavy atom. The number of nitrogens with one attached hydrogen (secondary N) is 1. The molecule has 3 N–H and O–H groups in total. The van der Waals surface area contributed by atoms with Crippen LogP contribution in [0.3, 0.4) is 0 Å². The molecule has 1 aromatic carbocycles. The molecule has 0 saturated heterocycles. The van der Waals surface area contributed by atoms with E-state index < -0.39 is 0 Å². The third kappa shape index (κ3) is 1.85. The number of aromatic nitrogens is 2. The number of aromatic amines is 1. The summed E-state index contributed by atoms with van der Waals surface area (Å²) in [5, 5.41) is 7.50. The van der Waals surface area contributed by atoms with E-state index in [1.807, 2.05) is 0 Å². The van der Waals surface area contributed by atoms with E-state index in [0.29, 0.717) is 6.54 Å². The maximum atomic E-state index is 5.71. The maximum Gasteiger partial charge on any atom is 0.0958 e. The standard InChI is InChI=1S/C15H21N3/c1-8-6-9(2)11(4)14(10(8)3)15-12(5)13(7-16)17-18-15/h6H,7,16H2,1-5H3,(H,17,18). The van der Waals surface area contributed by atoms with Crippen molar-refractivity contribution in [1.82, 2.24) is 10.2 Å². The predicted octanol–water partition coefficient (Wildman–Crippen LogP) is 3.08. The molecule has 0 radical (unpaired) electrons. The highest BCUT2D eigenvalue weighted by Gasteiger charge is 2.16. The molecular formula is C15H21N3. The number of hydrogen-bond donors (Lipinski definition) is 2. The zero-order valence-electron chi connectivity index (χ0n) is 11.8. The van der Waals surface area contributed by atoms with Crippen molar-refractivity contribution in [3.63, 3.8) is 0 Å². The Bertz CT molecular complexity index is 568. The molecule has 0 atom stereocenters. The van der Waals surface area contributed by atoms with Crippen molar-refractivity contribution in [3.8, 4) is 11.3 Å². The number of nitrogens with zero attached hydrogens (tertiary/aromatic N) is 1. The fourth-order valence-electron chi connectivity index (χ4n) is 2.45. The van der Waals surface area contributed by atoms with E-state index >= 15 is 0 Å². The summed E-state index contributed by atoms with van der Waals surface area (Å²) in [6, 6.07) is 2.24. The van der Waals surface area contributed by atoms with Crippen LogP contribution in [0.2, 0.25) is 0 Å². The molecule has 0 spiro atoms. The maximum absolute atomic E-state index is 5.71. The van der Waals surface area contributed by atoms with Crippen LogP contribution in [-0.4, -0.2) is 10.2 Å². The number of H-pyrrole nitrogens is 1. The van der Waals surface area contributed by atoms with Crippen molar-refractivity contribution in [2.45, 2.75) is 41.2 Å². The van der Waals surface area contributed by atoms with E-state index in [-0.39, 0.29) is 0 Å². The third-order valence-corrected chi connectivity index (χ3v) is 3.92. The number of rotatable bonds is 2. The highest BCUT2D eigenvalue weighted by molar-refractivity contribution is 5.73. The molecule has 1 heterocycles. The molecule has 0 saturated carbocycles. The molecule has 1 aromatic heterocycles. The summed E-state index contributed by atoms with van der Waals surface area (Å²) in [5.74, 6) is 0. The lowest BCUT2D eigenvalue weighted by Gasteiger charge is -2.14. The molecule has 0 fully saturated rings. The minimum absolute atomic E-state index is 0.502. The summed E-state index contributed by atoms with van der Waals surface area (Å²) in [5.41, 5.74) is 15.4. The molecule has 96 valence electrons. The third-order valence-electron chi connectivity index (χ3n) is 3.92. The van der Waals surface area contributed by atoms with Crippen molar-refractivity contribution < 1.29 is 0 Å². The fraction of sp³-hybridized carbons (Fsp3) is 0.400. The smallest absolute Gasteiger partial charge is 0.0958 e. The first-order chi connectivity index (χ1) is 8.47. The van der Waals surface area contributed by atoms with Gasteiger partial charge in [-0.05, 0) is 62.4 Å². The van der Waals surface area contributed by atoms with Gasteiger partial charge in [0.2, 0.25) is 0 Å². The van der Waals surface area contributed by atoms with Crippen molar-refractivity contribution in [3.05, 3.63) is 39.6 Å². The Labute approximate surface area is 108 Å². The highest BCUT2D eigenvalue weighted by atomic mass is 15.1. The van der Waals surface area contributed by atoms with Crippen LogP contribution in [0.1, 0.15) is 33.5 Å². The van der Waals surface area contributed by atoms with E-state index in [4.69, 9.17) is 5.73 Å². The Morgan fingerprint density at radius 1 is 1.00 bits per heavy atom. The molecule has 0 aliphatic carbocycles. The largest absolute Gasteiger partial charge is 0.325 e. The van der Waals surface area contributed by atoms with E-state index in [2.05, 4.69) is 50.9 Å². The summed E-state index contributed by atoms with van der Waals surface area (Å²) < 4.78 is 0. The van der Waals surface area contributed by atoms with E-state index in [1.165, 1.54) is 27.8 Å². The second kappa shape index (κ2) is 4.58. The van der Waals surface area contributed by atoms with Crippen molar-refractivity contribution >= 4 is 0 Å². The lowest BCUT2D eigenvalue weighted by molar-refractivity contribution is 0.941. The van der Waals surface area contributed by atoms with Gasteiger partial charge in [-0.2, -0.15) is 5.10 Å². The van der Waals surface area contributed by atoms with Gasteiger partial charge in [0.25, 0.3) is 0 Å². The molecule has 0 amide bonds. The van der Waals surface area contributed by atoms with Gasteiger partial charge in [0.15, 0.2) is 0 Å². The summed E-state index contributed by atoms with van der Waals surface area (Å²) in [6.07, 6.45) is 0. The Hall–Kier alpha value is -1.61. The zero-order chi connectivity index (χ0) is 13.4. The van der Waals surface area contributed by atoms with Crippen LogP contribution in [0, 0.1) is 34.6 Å². The van der Waals surface area contributed by atoms with Gasteiger partial charge in [-0.1, -0.05) is 6.07 Å². The van der Waals surface area contributed by atoms with Crippen molar-refractivity contribution in [2.75, 3.05) is 0 Å². The highest BCUT2D eigenvalue weighted by Crippen LogP contribution is 2.32. The normalized spacial score (nSPS) is 11.0. The van der Waals surface area contributed by atoms with Gasteiger partial charge >= 0.3 is 0 Å². The summed E-state index contributed by atoms with van der Waals surface area (Å²) >= 11 is 0. The van der Waals surface area contributed by atoms with Crippen LogP contribution in [0.25, 0.3) is 11.3 Å². The predicted molar refractivity (Wildman–Crippen MR) is 75.6 cm³/mol. The Kier molecular flexibility index (Phi) is 3.26. The van der Waals surface area contributed by atoms with Crippen LogP contribution < -0.4 is 5.73 Å².